The molecule has 1 amide bonds. The monoisotopic (exact) mass is 473 g/mol. The molecule has 0 unspecified atom stereocenters. The Balaban J connectivity index is 1.31. The molecule has 2 aliphatic heterocycles. The molecule has 2 fully saturated rings. The van der Waals surface area contributed by atoms with Crippen LogP contribution in [0, 0.1) is 5.41 Å². The molecule has 2 aliphatic rings. The minimum absolute atomic E-state index is 0.211. The predicted octanol–water partition coefficient (Wildman–Crippen LogP) is 5.29. The standard InChI is InChI=1S/C29H35N3O3/c1-3-34-25-20-23(21-26(35-4-2)27(25)31-15-8-9-16-31)22-30-17-12-29(13-18-30)14-19-32(28(29)33)24-10-6-5-7-11-24/h5-11,15-16,20-21H,3-4,12-14,17-19,22H2,1-2H3. The number of para-hydroxylation sites is 1. The molecule has 0 aliphatic carbocycles. The summed E-state index contributed by atoms with van der Waals surface area (Å²) in [6.07, 6.45) is 6.80. The number of likely N-dealkylation sites (tertiary alicyclic amines) is 1. The lowest BCUT2D eigenvalue weighted by molar-refractivity contribution is -0.128. The topological polar surface area (TPSA) is 46.9 Å². The predicted molar refractivity (Wildman–Crippen MR) is 138 cm³/mol. The molecule has 0 radical (unpaired) electrons. The van der Waals surface area contributed by atoms with Crippen LogP contribution in [0.4, 0.5) is 5.69 Å². The zero-order valence-corrected chi connectivity index (χ0v) is 20.8. The molecule has 6 heteroatoms. The van der Waals surface area contributed by atoms with E-state index in [4.69, 9.17) is 9.47 Å². The lowest BCUT2D eigenvalue weighted by Crippen LogP contribution is -2.44. The average molecular weight is 474 g/mol. The van der Waals surface area contributed by atoms with Gasteiger partial charge in [-0.25, -0.2) is 0 Å². The van der Waals surface area contributed by atoms with Crippen molar-refractivity contribution in [3.8, 4) is 17.2 Å². The Morgan fingerprint density at radius 1 is 0.829 bits per heavy atom. The Morgan fingerprint density at radius 2 is 1.43 bits per heavy atom. The van der Waals surface area contributed by atoms with Gasteiger partial charge in [0, 0.05) is 31.2 Å². The van der Waals surface area contributed by atoms with Gasteiger partial charge in [0.05, 0.1) is 18.6 Å². The van der Waals surface area contributed by atoms with E-state index < -0.39 is 0 Å². The van der Waals surface area contributed by atoms with Crippen LogP contribution in [0.2, 0.25) is 0 Å². The van der Waals surface area contributed by atoms with E-state index in [2.05, 4.69) is 21.6 Å². The van der Waals surface area contributed by atoms with Crippen molar-refractivity contribution >= 4 is 11.6 Å². The molecule has 0 saturated carbocycles. The Kier molecular flexibility index (Phi) is 6.82. The normalized spacial score (nSPS) is 17.8. The van der Waals surface area contributed by atoms with Crippen LogP contribution in [0.5, 0.6) is 11.5 Å². The van der Waals surface area contributed by atoms with Gasteiger partial charge in [0.15, 0.2) is 0 Å². The van der Waals surface area contributed by atoms with Crippen molar-refractivity contribution < 1.29 is 14.3 Å². The van der Waals surface area contributed by atoms with E-state index in [-0.39, 0.29) is 5.41 Å². The van der Waals surface area contributed by atoms with Gasteiger partial charge in [0.1, 0.15) is 17.2 Å². The highest BCUT2D eigenvalue weighted by Gasteiger charge is 2.48. The molecule has 6 nitrogen and oxygen atoms in total. The SMILES string of the molecule is CCOc1cc(CN2CCC3(CC2)CCN(c2ccccc2)C3=O)cc(OCC)c1-n1cccc1. The number of carbonyl (C=O) groups is 1. The van der Waals surface area contributed by atoms with Crippen LogP contribution in [0.15, 0.2) is 67.0 Å². The second-order valence-corrected chi connectivity index (χ2v) is 9.50. The molecule has 0 atom stereocenters. The molecule has 1 spiro atoms. The Morgan fingerprint density at radius 3 is 2.03 bits per heavy atom. The zero-order valence-electron chi connectivity index (χ0n) is 20.8. The van der Waals surface area contributed by atoms with Crippen molar-refractivity contribution in [2.24, 2.45) is 5.41 Å². The van der Waals surface area contributed by atoms with Gasteiger partial charge in [0.25, 0.3) is 0 Å². The van der Waals surface area contributed by atoms with Gasteiger partial charge in [-0.1, -0.05) is 18.2 Å². The quantitative estimate of drug-likeness (QED) is 0.446. The smallest absolute Gasteiger partial charge is 0.233 e. The van der Waals surface area contributed by atoms with Gasteiger partial charge in [0.2, 0.25) is 5.91 Å². The summed E-state index contributed by atoms with van der Waals surface area (Å²) in [5, 5.41) is 0. The molecule has 1 aromatic heterocycles. The minimum atomic E-state index is -0.211. The van der Waals surface area contributed by atoms with Gasteiger partial charge in [-0.05, 0) is 88.2 Å². The third kappa shape index (κ3) is 4.67. The number of piperidine rings is 1. The maximum absolute atomic E-state index is 13.4. The van der Waals surface area contributed by atoms with Gasteiger partial charge in [-0.3, -0.25) is 9.69 Å². The fourth-order valence-corrected chi connectivity index (χ4v) is 5.53. The maximum atomic E-state index is 13.4. The Bertz CT molecular complexity index is 1110. The maximum Gasteiger partial charge on any atom is 0.233 e. The summed E-state index contributed by atoms with van der Waals surface area (Å²) in [6.45, 7) is 8.67. The summed E-state index contributed by atoms with van der Waals surface area (Å²) in [6, 6.07) is 18.4. The van der Waals surface area contributed by atoms with Crippen LogP contribution >= 0.6 is 0 Å². The fourth-order valence-electron chi connectivity index (χ4n) is 5.53. The molecule has 184 valence electrons. The van der Waals surface area contributed by atoms with Crippen molar-refractivity contribution in [3.05, 3.63) is 72.6 Å². The summed E-state index contributed by atoms with van der Waals surface area (Å²) in [4.78, 5) is 17.8. The second kappa shape index (κ2) is 10.2. The van der Waals surface area contributed by atoms with Crippen molar-refractivity contribution in [2.45, 2.75) is 39.7 Å². The highest BCUT2D eigenvalue weighted by Crippen LogP contribution is 2.43. The summed E-state index contributed by atoms with van der Waals surface area (Å²) in [7, 11) is 0. The van der Waals surface area contributed by atoms with Gasteiger partial charge >= 0.3 is 0 Å². The van der Waals surface area contributed by atoms with Crippen LogP contribution in [0.3, 0.4) is 0 Å². The molecule has 35 heavy (non-hydrogen) atoms. The number of anilines is 1. The molecule has 2 saturated heterocycles. The number of hydrogen-bond donors (Lipinski definition) is 0. The van der Waals surface area contributed by atoms with Crippen LogP contribution in [0.1, 0.15) is 38.7 Å². The second-order valence-electron chi connectivity index (χ2n) is 9.50. The number of ether oxygens (including phenoxy) is 2. The molecule has 3 aromatic rings. The molecule has 5 rings (SSSR count). The van der Waals surface area contributed by atoms with Crippen LogP contribution in [-0.4, -0.2) is 48.2 Å². The number of aromatic nitrogens is 1. The van der Waals surface area contributed by atoms with Crippen LogP contribution in [-0.2, 0) is 11.3 Å². The van der Waals surface area contributed by atoms with Crippen molar-refractivity contribution in [2.75, 3.05) is 37.7 Å². The molecule has 0 N–H and O–H groups in total. The number of amides is 1. The van der Waals surface area contributed by atoms with E-state index in [1.165, 1.54) is 5.56 Å². The van der Waals surface area contributed by atoms with E-state index in [0.29, 0.717) is 19.1 Å². The molecule has 3 heterocycles. The minimum Gasteiger partial charge on any atom is -0.492 e. The third-order valence-corrected chi connectivity index (χ3v) is 7.36. The molecule has 2 aromatic carbocycles. The molecular formula is C29H35N3O3. The van der Waals surface area contributed by atoms with Crippen molar-refractivity contribution in [3.63, 3.8) is 0 Å². The molecular weight excluding hydrogens is 438 g/mol. The highest BCUT2D eigenvalue weighted by molar-refractivity contribution is 5.99. The van der Waals surface area contributed by atoms with Gasteiger partial charge < -0.3 is 18.9 Å². The third-order valence-electron chi connectivity index (χ3n) is 7.36. The first-order chi connectivity index (χ1) is 17.1. The molecule has 0 bridgehead atoms. The lowest BCUT2D eigenvalue weighted by atomic mass is 9.77. The van der Waals surface area contributed by atoms with E-state index in [0.717, 1.165) is 68.3 Å². The fraction of sp³-hybridized carbons (Fsp3) is 0.414. The first-order valence-electron chi connectivity index (χ1n) is 12.8. The van der Waals surface area contributed by atoms with E-state index in [1.54, 1.807) is 0 Å². The van der Waals surface area contributed by atoms with E-state index in [1.807, 2.05) is 73.6 Å². The zero-order chi connectivity index (χ0) is 24.3. The highest BCUT2D eigenvalue weighted by atomic mass is 16.5. The number of rotatable bonds is 8. The van der Waals surface area contributed by atoms with E-state index in [9.17, 15) is 4.79 Å². The summed E-state index contributed by atoms with van der Waals surface area (Å²) >= 11 is 0. The number of benzene rings is 2. The lowest BCUT2D eigenvalue weighted by Gasteiger charge is -2.38. The average Bonchev–Trinajstić information content (AvgIpc) is 3.51. The van der Waals surface area contributed by atoms with Crippen LogP contribution < -0.4 is 14.4 Å². The summed E-state index contributed by atoms with van der Waals surface area (Å²) in [5.74, 6) is 1.97. The van der Waals surface area contributed by atoms with Crippen molar-refractivity contribution in [1.29, 1.82) is 0 Å². The van der Waals surface area contributed by atoms with Crippen molar-refractivity contribution in [1.82, 2.24) is 9.47 Å². The number of nitrogens with zero attached hydrogens (tertiary/aromatic N) is 3. The van der Waals surface area contributed by atoms with E-state index >= 15 is 0 Å². The van der Waals surface area contributed by atoms with Gasteiger partial charge in [-0.2, -0.15) is 0 Å². The largest absolute Gasteiger partial charge is 0.492 e. The Labute approximate surface area is 208 Å². The van der Waals surface area contributed by atoms with Crippen LogP contribution in [0.25, 0.3) is 5.69 Å². The Hall–Kier alpha value is -3.25. The number of carbonyl (C=O) groups excluding carboxylic acids is 1. The number of hydrogen-bond acceptors (Lipinski definition) is 4. The summed E-state index contributed by atoms with van der Waals surface area (Å²) in [5.41, 5.74) is 2.92. The summed E-state index contributed by atoms with van der Waals surface area (Å²) < 4.78 is 14.2. The van der Waals surface area contributed by atoms with Gasteiger partial charge in [-0.15, -0.1) is 0 Å². The first kappa shape index (κ1) is 23.5. The first-order valence-corrected chi connectivity index (χ1v) is 12.8.